The van der Waals surface area contributed by atoms with Crippen molar-refractivity contribution in [2.45, 2.75) is 31.9 Å². The van der Waals surface area contributed by atoms with Crippen LogP contribution in [0.1, 0.15) is 24.1 Å². The number of rotatable bonds is 3. The maximum absolute atomic E-state index is 9.62. The fourth-order valence-electron chi connectivity index (χ4n) is 3.55. The van der Waals surface area contributed by atoms with Gasteiger partial charge >= 0.3 is 0 Å². The molecule has 2 fully saturated rings. The molecule has 20 heavy (non-hydrogen) atoms. The van der Waals surface area contributed by atoms with Crippen molar-refractivity contribution in [3.63, 3.8) is 0 Å². The second-order valence-corrected chi connectivity index (χ2v) is 6.84. The van der Waals surface area contributed by atoms with Crippen LogP contribution in [0.3, 0.4) is 0 Å². The summed E-state index contributed by atoms with van der Waals surface area (Å²) in [6, 6.07) is 10.9. The molecule has 1 aliphatic heterocycles. The number of benzene rings is 1. The van der Waals surface area contributed by atoms with Gasteiger partial charge in [0.05, 0.1) is 17.2 Å². The number of piperidine rings is 1. The number of aromatic nitrogens is 1. The van der Waals surface area contributed by atoms with Gasteiger partial charge in [0, 0.05) is 18.2 Å². The van der Waals surface area contributed by atoms with E-state index < -0.39 is 0 Å². The van der Waals surface area contributed by atoms with E-state index in [0.29, 0.717) is 6.04 Å². The van der Waals surface area contributed by atoms with E-state index in [4.69, 9.17) is 4.98 Å². The van der Waals surface area contributed by atoms with Gasteiger partial charge in [0.1, 0.15) is 0 Å². The zero-order valence-corrected chi connectivity index (χ0v) is 12.1. The standard InChI is InChI=1S/C16H18N2OS/c19-10-14-15(12-4-2-1-3-5-12)17-16(20-14)18-9-11-6-7-13(18)8-11/h1-5,11,13,19H,6-10H2. The number of aliphatic hydroxyl groups is 1. The number of hydrogen-bond donors (Lipinski definition) is 1. The summed E-state index contributed by atoms with van der Waals surface area (Å²) in [5.74, 6) is 0.863. The SMILES string of the molecule is OCc1sc(N2CC3CCC2C3)nc1-c1ccccc1. The van der Waals surface area contributed by atoms with Crippen molar-refractivity contribution < 1.29 is 5.11 Å². The molecule has 2 aromatic rings. The van der Waals surface area contributed by atoms with Crippen molar-refractivity contribution in [3.8, 4) is 11.3 Å². The average Bonchev–Trinajstić information content (AvgIpc) is 3.22. The van der Waals surface area contributed by atoms with E-state index in [0.717, 1.165) is 33.7 Å². The van der Waals surface area contributed by atoms with Crippen molar-refractivity contribution in [3.05, 3.63) is 35.2 Å². The Bertz CT molecular complexity index is 610. The van der Waals surface area contributed by atoms with E-state index in [-0.39, 0.29) is 6.61 Å². The smallest absolute Gasteiger partial charge is 0.186 e. The molecule has 0 amide bonds. The van der Waals surface area contributed by atoms with Crippen LogP contribution in [-0.4, -0.2) is 22.7 Å². The van der Waals surface area contributed by atoms with Gasteiger partial charge in [-0.25, -0.2) is 4.98 Å². The van der Waals surface area contributed by atoms with Gasteiger partial charge in [-0.2, -0.15) is 0 Å². The highest BCUT2D eigenvalue weighted by Crippen LogP contribution is 2.43. The van der Waals surface area contributed by atoms with Crippen molar-refractivity contribution in [2.75, 3.05) is 11.4 Å². The van der Waals surface area contributed by atoms with Crippen molar-refractivity contribution >= 4 is 16.5 Å². The molecular weight excluding hydrogens is 268 g/mol. The molecule has 2 unspecified atom stereocenters. The second-order valence-electron chi connectivity index (χ2n) is 5.78. The van der Waals surface area contributed by atoms with E-state index >= 15 is 0 Å². The molecule has 4 heteroatoms. The molecule has 0 radical (unpaired) electrons. The van der Waals surface area contributed by atoms with Crippen molar-refractivity contribution in [1.82, 2.24) is 4.98 Å². The molecule has 2 aliphatic rings. The molecule has 1 saturated heterocycles. The lowest BCUT2D eigenvalue weighted by Crippen LogP contribution is -2.31. The van der Waals surface area contributed by atoms with Gasteiger partial charge in [0.25, 0.3) is 0 Å². The topological polar surface area (TPSA) is 36.4 Å². The van der Waals surface area contributed by atoms with Gasteiger partial charge in [0.2, 0.25) is 0 Å². The fraction of sp³-hybridized carbons (Fsp3) is 0.438. The maximum atomic E-state index is 9.62. The van der Waals surface area contributed by atoms with Crippen LogP contribution in [0.15, 0.2) is 30.3 Å². The third-order valence-corrected chi connectivity index (χ3v) is 5.61. The minimum atomic E-state index is 0.0732. The Labute approximate surface area is 122 Å². The molecule has 2 bridgehead atoms. The Morgan fingerprint density at radius 1 is 1.25 bits per heavy atom. The molecule has 1 aromatic heterocycles. The van der Waals surface area contributed by atoms with Crippen molar-refractivity contribution in [1.29, 1.82) is 0 Å². The number of anilines is 1. The zero-order chi connectivity index (χ0) is 13.5. The largest absolute Gasteiger partial charge is 0.391 e. The van der Waals surface area contributed by atoms with Crippen molar-refractivity contribution in [2.24, 2.45) is 5.92 Å². The number of fused-ring (bicyclic) bond motifs is 2. The molecule has 0 spiro atoms. The average molecular weight is 286 g/mol. The fourth-order valence-corrected chi connectivity index (χ4v) is 4.57. The molecule has 2 atom stereocenters. The van der Waals surface area contributed by atoms with Crippen LogP contribution in [0.25, 0.3) is 11.3 Å². The molecule has 1 N–H and O–H groups in total. The quantitative estimate of drug-likeness (QED) is 0.940. The number of aliphatic hydroxyl groups excluding tert-OH is 1. The Balaban J connectivity index is 1.71. The minimum absolute atomic E-state index is 0.0732. The summed E-state index contributed by atoms with van der Waals surface area (Å²) in [6.07, 6.45) is 4.01. The lowest BCUT2D eigenvalue weighted by molar-refractivity contribution is 0.286. The molecule has 2 heterocycles. The summed E-state index contributed by atoms with van der Waals surface area (Å²) >= 11 is 1.66. The summed E-state index contributed by atoms with van der Waals surface area (Å²) in [5, 5.41) is 10.7. The predicted octanol–water partition coefficient (Wildman–Crippen LogP) is 3.29. The van der Waals surface area contributed by atoms with Crippen LogP contribution in [0.4, 0.5) is 5.13 Å². The summed E-state index contributed by atoms with van der Waals surface area (Å²) in [4.78, 5) is 8.28. The highest BCUT2D eigenvalue weighted by atomic mass is 32.1. The van der Waals surface area contributed by atoms with E-state index in [1.165, 1.54) is 19.3 Å². The minimum Gasteiger partial charge on any atom is -0.391 e. The van der Waals surface area contributed by atoms with Gasteiger partial charge in [-0.1, -0.05) is 41.7 Å². The molecule has 3 nitrogen and oxygen atoms in total. The molecule has 1 aromatic carbocycles. The zero-order valence-electron chi connectivity index (χ0n) is 11.3. The summed E-state index contributed by atoms with van der Waals surface area (Å²) in [5.41, 5.74) is 2.05. The third-order valence-electron chi connectivity index (χ3n) is 4.53. The van der Waals surface area contributed by atoms with Gasteiger partial charge in [-0.3, -0.25) is 0 Å². The first-order valence-corrected chi connectivity index (χ1v) is 8.09. The summed E-state index contributed by atoms with van der Waals surface area (Å²) in [6.45, 7) is 1.22. The predicted molar refractivity (Wildman–Crippen MR) is 81.9 cm³/mol. The lowest BCUT2D eigenvalue weighted by Gasteiger charge is -2.26. The molecule has 4 rings (SSSR count). The van der Waals surface area contributed by atoms with Gasteiger partial charge in [-0.05, 0) is 25.2 Å². The van der Waals surface area contributed by atoms with Gasteiger partial charge in [0.15, 0.2) is 5.13 Å². The summed E-state index contributed by atoms with van der Waals surface area (Å²) < 4.78 is 0. The Morgan fingerprint density at radius 2 is 2.10 bits per heavy atom. The highest BCUT2D eigenvalue weighted by Gasteiger charge is 2.39. The van der Waals surface area contributed by atoms with Gasteiger partial charge in [-0.15, -0.1) is 0 Å². The number of nitrogens with zero attached hydrogens (tertiary/aromatic N) is 2. The normalized spacial score (nSPS) is 24.6. The van der Waals surface area contributed by atoms with Crippen LogP contribution in [0.2, 0.25) is 0 Å². The highest BCUT2D eigenvalue weighted by molar-refractivity contribution is 7.16. The molecule has 1 saturated carbocycles. The van der Waals surface area contributed by atoms with E-state index in [2.05, 4.69) is 17.0 Å². The molecule has 1 aliphatic carbocycles. The first-order valence-electron chi connectivity index (χ1n) is 7.28. The maximum Gasteiger partial charge on any atom is 0.186 e. The van der Waals surface area contributed by atoms with E-state index in [1.54, 1.807) is 11.3 Å². The van der Waals surface area contributed by atoms with Crippen LogP contribution in [0.5, 0.6) is 0 Å². The first kappa shape index (κ1) is 12.4. The van der Waals surface area contributed by atoms with Crippen LogP contribution < -0.4 is 4.90 Å². The van der Waals surface area contributed by atoms with E-state index in [1.807, 2.05) is 18.2 Å². The van der Waals surface area contributed by atoms with E-state index in [9.17, 15) is 5.11 Å². The van der Waals surface area contributed by atoms with Crippen LogP contribution in [-0.2, 0) is 6.61 Å². The number of thiazole rings is 1. The summed E-state index contributed by atoms with van der Waals surface area (Å²) in [7, 11) is 0. The van der Waals surface area contributed by atoms with Crippen LogP contribution >= 0.6 is 11.3 Å². The first-order chi connectivity index (χ1) is 9.85. The Kier molecular flexibility index (Phi) is 3.00. The van der Waals surface area contributed by atoms with Gasteiger partial charge < -0.3 is 10.0 Å². The molecule has 104 valence electrons. The third kappa shape index (κ3) is 1.95. The second kappa shape index (κ2) is 4.86. The van der Waals surface area contributed by atoms with Crippen LogP contribution in [0, 0.1) is 5.92 Å². The Morgan fingerprint density at radius 3 is 2.75 bits per heavy atom. The molecular formula is C16H18N2OS. The monoisotopic (exact) mass is 286 g/mol. The Hall–Kier alpha value is -1.39. The number of hydrogen-bond acceptors (Lipinski definition) is 4. The lowest BCUT2D eigenvalue weighted by atomic mass is 10.1.